The molecule has 0 saturated carbocycles. The molecule has 0 spiro atoms. The molecular weight excluding hydrogens is 500 g/mol. The Balaban J connectivity index is 0.000000360. The number of ether oxygens (including phenoxy) is 1. The topological polar surface area (TPSA) is 119 Å². The first-order chi connectivity index (χ1) is 15.1. The van der Waals surface area contributed by atoms with Crippen LogP contribution in [0.2, 0.25) is 0 Å². The number of hydrogen-bond acceptors (Lipinski definition) is 9. The van der Waals surface area contributed by atoms with Crippen molar-refractivity contribution in [3.8, 4) is 0 Å². The molecular formula is C20H25BrN6O4S. The molecule has 3 heterocycles. The third-order valence-electron chi connectivity index (χ3n) is 4.46. The molecule has 12 heteroatoms. The highest BCUT2D eigenvalue weighted by Crippen LogP contribution is 2.31. The van der Waals surface area contributed by atoms with E-state index in [-0.39, 0.29) is 16.1 Å². The summed E-state index contributed by atoms with van der Waals surface area (Å²) in [5.74, 6) is 0.688. The van der Waals surface area contributed by atoms with E-state index in [1.165, 1.54) is 18.5 Å². The van der Waals surface area contributed by atoms with Crippen molar-refractivity contribution in [2.45, 2.75) is 31.3 Å². The van der Waals surface area contributed by atoms with Crippen molar-refractivity contribution in [2.24, 2.45) is 0 Å². The molecule has 1 aliphatic heterocycles. The van der Waals surface area contributed by atoms with Crippen LogP contribution in [0.5, 0.6) is 0 Å². The molecule has 32 heavy (non-hydrogen) atoms. The maximum atomic E-state index is 12.9. The fourth-order valence-electron chi connectivity index (χ4n) is 2.99. The summed E-state index contributed by atoms with van der Waals surface area (Å²) in [4.78, 5) is 20.4. The minimum absolute atomic E-state index is 0.161. The quantitative estimate of drug-likeness (QED) is 0.512. The van der Waals surface area contributed by atoms with Crippen molar-refractivity contribution >= 4 is 49.3 Å². The number of nitrogens with zero attached hydrogens (tertiary/aromatic N) is 5. The van der Waals surface area contributed by atoms with Crippen LogP contribution in [0.4, 0.5) is 5.82 Å². The predicted molar refractivity (Wildman–Crippen MR) is 124 cm³/mol. The van der Waals surface area contributed by atoms with Crippen LogP contribution < -0.4 is 10.2 Å². The second-order valence-electron chi connectivity index (χ2n) is 7.91. The number of benzene rings is 1. The van der Waals surface area contributed by atoms with Gasteiger partial charge >= 0.3 is 0 Å². The zero-order valence-corrected chi connectivity index (χ0v) is 20.4. The molecule has 0 amide bonds. The predicted octanol–water partition coefficient (Wildman–Crippen LogP) is 2.19. The number of nitrogens with one attached hydrogen (secondary N) is 1. The largest absolute Gasteiger partial charge is 0.462 e. The van der Waals surface area contributed by atoms with Gasteiger partial charge in [-0.1, -0.05) is 18.2 Å². The van der Waals surface area contributed by atoms with Crippen LogP contribution >= 0.6 is 15.9 Å². The van der Waals surface area contributed by atoms with Gasteiger partial charge in [-0.25, -0.2) is 9.97 Å². The lowest BCUT2D eigenvalue weighted by molar-refractivity contribution is -0.138. The van der Waals surface area contributed by atoms with E-state index in [1.54, 1.807) is 18.2 Å². The molecule has 4 rings (SSSR count). The van der Waals surface area contributed by atoms with E-state index in [0.717, 1.165) is 30.3 Å². The summed E-state index contributed by atoms with van der Waals surface area (Å²) in [5, 5.41) is 8.08. The first kappa shape index (κ1) is 24.1. The maximum Gasteiger partial charge on any atom is 0.293 e. The molecule has 10 nitrogen and oxygen atoms in total. The Kier molecular flexibility index (Phi) is 7.47. The number of carbonyl (C=O) groups is 1. The Labute approximate surface area is 195 Å². The monoisotopic (exact) mass is 524 g/mol. The Hall–Kier alpha value is -2.57. The van der Waals surface area contributed by atoms with Crippen molar-refractivity contribution in [1.82, 2.24) is 24.5 Å². The molecule has 0 aliphatic carbocycles. The molecule has 1 fully saturated rings. The summed E-state index contributed by atoms with van der Waals surface area (Å²) in [6, 6.07) is 8.19. The molecule has 0 unspecified atom stereocenters. The third kappa shape index (κ3) is 5.43. The van der Waals surface area contributed by atoms with Crippen LogP contribution in [0, 0.1) is 0 Å². The lowest BCUT2D eigenvalue weighted by atomic mass is 10.2. The van der Waals surface area contributed by atoms with Gasteiger partial charge in [0.2, 0.25) is 0 Å². The number of carbonyl (C=O) groups excluding carboxylic acids is 1. The molecule has 3 aromatic rings. The van der Waals surface area contributed by atoms with E-state index >= 15 is 0 Å². The molecule has 0 bridgehead atoms. The van der Waals surface area contributed by atoms with Crippen LogP contribution in [0.3, 0.4) is 0 Å². The second kappa shape index (κ2) is 9.92. The lowest BCUT2D eigenvalue weighted by Crippen LogP contribution is -2.44. The van der Waals surface area contributed by atoms with E-state index in [0.29, 0.717) is 22.3 Å². The van der Waals surface area contributed by atoms with Gasteiger partial charge in [0.25, 0.3) is 16.5 Å². The summed E-state index contributed by atoms with van der Waals surface area (Å²) < 4.78 is 31.8. The first-order valence-corrected chi connectivity index (χ1v) is 12.2. The van der Waals surface area contributed by atoms with Gasteiger partial charge in [-0.15, -0.1) is 9.19 Å². The van der Waals surface area contributed by atoms with Gasteiger partial charge < -0.3 is 15.0 Å². The molecule has 0 radical (unpaired) electrons. The van der Waals surface area contributed by atoms with Gasteiger partial charge in [0.15, 0.2) is 5.65 Å². The number of hydrogen-bond donors (Lipinski definition) is 1. The summed E-state index contributed by atoms with van der Waals surface area (Å²) in [7, 11) is -3.84. The van der Waals surface area contributed by atoms with Crippen LogP contribution in [-0.4, -0.2) is 65.8 Å². The average Bonchev–Trinajstić information content (AvgIpc) is 3.12. The maximum absolute atomic E-state index is 12.9. The fourth-order valence-corrected chi connectivity index (χ4v) is 4.87. The van der Waals surface area contributed by atoms with Crippen LogP contribution in [0.15, 0.2) is 46.2 Å². The Morgan fingerprint density at radius 1 is 1.12 bits per heavy atom. The number of anilines is 1. The minimum Gasteiger partial charge on any atom is -0.462 e. The number of aromatic nitrogens is 4. The number of halogens is 1. The van der Waals surface area contributed by atoms with E-state index in [2.05, 4.69) is 46.0 Å². The van der Waals surface area contributed by atoms with Crippen molar-refractivity contribution in [3.05, 3.63) is 41.3 Å². The van der Waals surface area contributed by atoms with E-state index in [4.69, 9.17) is 0 Å². The molecule has 172 valence electrons. The Morgan fingerprint density at radius 2 is 1.78 bits per heavy atom. The zero-order valence-electron chi connectivity index (χ0n) is 18.0. The van der Waals surface area contributed by atoms with Gasteiger partial charge in [0.05, 0.1) is 10.3 Å². The molecule has 1 aliphatic rings. The smallest absolute Gasteiger partial charge is 0.293 e. The standard InChI is InChI=1S/C15H15BrN6O2S.C5H10O2/c16-13-12-14(21-8-6-17-7-9-21)18-10-19-15(12)22(20-13)25(23,24)11-4-2-1-3-5-11;1-5(2,3)7-4-6/h1-5,10,17H,6-9H2;4H,1-3H3. The van der Waals surface area contributed by atoms with E-state index < -0.39 is 10.0 Å². The number of fused-ring (bicyclic) bond motifs is 1. The molecule has 1 saturated heterocycles. The van der Waals surface area contributed by atoms with Gasteiger partial charge in [-0.3, -0.25) is 4.79 Å². The highest BCUT2D eigenvalue weighted by Gasteiger charge is 2.27. The third-order valence-corrected chi connectivity index (χ3v) is 6.59. The highest BCUT2D eigenvalue weighted by atomic mass is 79.9. The van der Waals surface area contributed by atoms with E-state index in [1.807, 2.05) is 20.8 Å². The highest BCUT2D eigenvalue weighted by molar-refractivity contribution is 9.10. The SMILES string of the molecule is CC(C)(C)OC=O.O=S(=O)(c1ccccc1)n1nc(Br)c2c(N3CCNCC3)ncnc21. The minimum atomic E-state index is -3.84. The normalized spacial score (nSPS) is 14.6. The van der Waals surface area contributed by atoms with Crippen molar-refractivity contribution in [3.63, 3.8) is 0 Å². The Bertz CT molecular complexity index is 1170. The van der Waals surface area contributed by atoms with Crippen LogP contribution in [0.25, 0.3) is 11.0 Å². The van der Waals surface area contributed by atoms with Crippen molar-refractivity contribution in [2.75, 3.05) is 31.1 Å². The zero-order chi connectivity index (χ0) is 23.4. The van der Waals surface area contributed by atoms with Gasteiger partial charge in [-0.05, 0) is 48.8 Å². The van der Waals surface area contributed by atoms with Gasteiger partial charge in [-0.2, -0.15) is 8.42 Å². The summed E-state index contributed by atoms with van der Waals surface area (Å²) >= 11 is 3.38. The molecule has 1 aromatic carbocycles. The molecule has 0 atom stereocenters. The summed E-state index contributed by atoms with van der Waals surface area (Å²) in [6.07, 6.45) is 1.38. The molecule has 1 N–H and O–H groups in total. The molecule has 2 aromatic heterocycles. The lowest BCUT2D eigenvalue weighted by Gasteiger charge is -2.28. The summed E-state index contributed by atoms with van der Waals surface area (Å²) in [5.41, 5.74) is -0.0545. The Morgan fingerprint density at radius 3 is 2.34 bits per heavy atom. The van der Waals surface area contributed by atoms with Crippen molar-refractivity contribution in [1.29, 1.82) is 0 Å². The number of piperazine rings is 1. The van der Waals surface area contributed by atoms with Crippen LogP contribution in [0.1, 0.15) is 20.8 Å². The van der Waals surface area contributed by atoms with Crippen molar-refractivity contribution < 1.29 is 17.9 Å². The van der Waals surface area contributed by atoms with E-state index in [9.17, 15) is 13.2 Å². The van der Waals surface area contributed by atoms with Crippen LogP contribution in [-0.2, 0) is 19.6 Å². The second-order valence-corrected chi connectivity index (χ2v) is 10.4. The average molecular weight is 525 g/mol. The first-order valence-electron chi connectivity index (χ1n) is 9.92. The van der Waals surface area contributed by atoms with Gasteiger partial charge in [0, 0.05) is 26.2 Å². The fraction of sp³-hybridized carbons (Fsp3) is 0.400. The number of rotatable bonds is 4. The van der Waals surface area contributed by atoms with Gasteiger partial charge in [0.1, 0.15) is 22.3 Å². The summed E-state index contributed by atoms with van der Waals surface area (Å²) in [6.45, 7) is 9.19.